The fourth-order valence-corrected chi connectivity index (χ4v) is 21.1. The Kier molecular flexibility index (Phi) is 15.4. The van der Waals surface area contributed by atoms with E-state index in [0.29, 0.717) is 50.1 Å². The molecule has 14 atom stereocenters. The standard InChI is InChI=1S/C35H62OSi.C30H50O/c1-24(2)14-13-15-26(5)27-18-22-35(10)29-16-17-30-32(6,7)31(36-37(11,12)25(3)4)20-21-33(30,8)28(29)19-23-34(27,35)9;1-20(2)10-9-11-21(3)22-14-18-30(8)24-12-13-25-27(4,5)26(31)16-17-28(25,6)23(24)15-19-29(22,30)7/h14,25-27,30-31H,13,15-23H2,1-12H3;10,21-22,25-26,31H,9,11-19H2,1-8H3/t26?,27?,30-,31-,33+,34+,35-;21?,22?,25-,26-,28+,29+,30-/m00/s1. The molecule has 4 saturated carbocycles. The van der Waals surface area contributed by atoms with E-state index in [-0.39, 0.29) is 16.9 Å². The molecule has 0 saturated heterocycles. The van der Waals surface area contributed by atoms with Crippen molar-refractivity contribution in [3.05, 3.63) is 45.6 Å². The number of rotatable bonds is 11. The second-order valence-corrected chi connectivity index (χ2v) is 34.6. The maximum Gasteiger partial charge on any atom is 0.189 e. The average Bonchev–Trinajstić information content (AvgIpc) is 3.69. The number of aliphatic hydroxyl groups excluding tert-OH is 1. The third-order valence-corrected chi connectivity index (χ3v) is 28.8. The summed E-state index contributed by atoms with van der Waals surface area (Å²) in [7, 11) is -1.66. The lowest BCUT2D eigenvalue weighted by atomic mass is 9.43. The molecule has 2 nitrogen and oxygen atoms in total. The van der Waals surface area contributed by atoms with Crippen molar-refractivity contribution in [3.63, 3.8) is 0 Å². The van der Waals surface area contributed by atoms with Gasteiger partial charge in [0.25, 0.3) is 0 Å². The molecule has 388 valence electrons. The Morgan fingerprint density at radius 2 is 0.956 bits per heavy atom. The highest BCUT2D eigenvalue weighted by molar-refractivity contribution is 6.72. The van der Waals surface area contributed by atoms with Gasteiger partial charge in [-0.25, -0.2) is 0 Å². The van der Waals surface area contributed by atoms with E-state index in [9.17, 15) is 5.11 Å². The molecule has 3 heteroatoms. The Labute approximate surface area is 424 Å². The Bertz CT molecular complexity index is 1970. The van der Waals surface area contributed by atoms with Crippen LogP contribution in [0.1, 0.15) is 253 Å². The number of fused-ring (bicyclic) bond motifs is 8. The van der Waals surface area contributed by atoms with E-state index < -0.39 is 8.32 Å². The molecule has 0 radical (unpaired) electrons. The van der Waals surface area contributed by atoms with Gasteiger partial charge in [0, 0.05) is 0 Å². The van der Waals surface area contributed by atoms with Gasteiger partial charge in [0.05, 0.1) is 12.2 Å². The van der Waals surface area contributed by atoms with Crippen LogP contribution >= 0.6 is 0 Å². The Hall–Kier alpha value is -0.903. The summed E-state index contributed by atoms with van der Waals surface area (Å²) in [6.45, 7) is 49.6. The first kappa shape index (κ1) is 54.9. The molecule has 1 N–H and O–H groups in total. The molecule has 0 aromatic carbocycles. The van der Waals surface area contributed by atoms with Gasteiger partial charge in [0.2, 0.25) is 0 Å². The van der Waals surface area contributed by atoms with Crippen molar-refractivity contribution in [3.8, 4) is 0 Å². The highest BCUT2D eigenvalue weighted by Crippen LogP contribution is 2.74. The Balaban J connectivity index is 0.000000204. The number of hydrogen-bond acceptors (Lipinski definition) is 2. The largest absolute Gasteiger partial charge is 0.414 e. The van der Waals surface area contributed by atoms with Gasteiger partial charge in [-0.2, -0.15) is 0 Å². The van der Waals surface area contributed by atoms with E-state index in [0.717, 1.165) is 36.0 Å². The van der Waals surface area contributed by atoms with Crippen molar-refractivity contribution in [1.29, 1.82) is 0 Å². The average molecular weight is 954 g/mol. The predicted octanol–water partition coefficient (Wildman–Crippen LogP) is 19.6. The maximum atomic E-state index is 10.8. The molecule has 4 unspecified atom stereocenters. The van der Waals surface area contributed by atoms with E-state index in [1.807, 2.05) is 22.3 Å². The summed E-state index contributed by atoms with van der Waals surface area (Å²) in [5.74, 6) is 4.79. The van der Waals surface area contributed by atoms with Crippen LogP contribution in [-0.2, 0) is 4.43 Å². The summed E-state index contributed by atoms with van der Waals surface area (Å²) in [4.78, 5) is 0. The summed E-state index contributed by atoms with van der Waals surface area (Å²) >= 11 is 0. The van der Waals surface area contributed by atoms with Gasteiger partial charge < -0.3 is 9.53 Å². The van der Waals surface area contributed by atoms with Crippen LogP contribution in [0.15, 0.2) is 45.6 Å². The molecule has 0 bridgehead atoms. The molecular formula is C65H112O2Si. The molecule has 68 heavy (non-hydrogen) atoms. The van der Waals surface area contributed by atoms with Crippen molar-refractivity contribution in [1.82, 2.24) is 0 Å². The van der Waals surface area contributed by atoms with Gasteiger partial charge in [0.1, 0.15) is 0 Å². The second kappa shape index (κ2) is 19.1. The van der Waals surface area contributed by atoms with E-state index >= 15 is 0 Å². The molecule has 0 aromatic heterocycles. The number of allylic oxidation sites excluding steroid dienone is 8. The van der Waals surface area contributed by atoms with Gasteiger partial charge in [-0.05, 0) is 254 Å². The van der Waals surface area contributed by atoms with Crippen molar-refractivity contribution >= 4 is 8.32 Å². The van der Waals surface area contributed by atoms with E-state index in [2.05, 4.69) is 150 Å². The first-order chi connectivity index (χ1) is 31.4. The quantitative estimate of drug-likeness (QED) is 0.165. The minimum atomic E-state index is -1.66. The van der Waals surface area contributed by atoms with Gasteiger partial charge in [-0.3, -0.25) is 0 Å². The molecule has 0 amide bonds. The Morgan fingerprint density at radius 3 is 1.37 bits per heavy atom. The van der Waals surface area contributed by atoms with Crippen LogP contribution in [-0.4, -0.2) is 25.6 Å². The van der Waals surface area contributed by atoms with Crippen LogP contribution in [0.2, 0.25) is 18.6 Å². The fourth-order valence-electron chi connectivity index (χ4n) is 19.6. The SMILES string of the molecule is CC(C)=CCCC(C)C1CC[C@@]2(C)C3=C(CC[C@]12C)[C@@]1(C)CC[C@H](O)C(C)(C)[C@@H]1CC3.CC(C)=CCCC(C)C1CC[C@@]2(C)C3=C(CC[C@]12C)[C@@]1(C)CC[C@H](O[Si](C)(C)C(C)C)C(C)(C)[C@@H]1CC3. The van der Waals surface area contributed by atoms with Gasteiger partial charge in [-0.1, -0.05) is 143 Å². The molecule has 0 spiro atoms. The maximum absolute atomic E-state index is 10.8. The molecule has 8 aliphatic rings. The summed E-state index contributed by atoms with van der Waals surface area (Å²) in [6, 6.07) is 0. The topological polar surface area (TPSA) is 29.5 Å². The van der Waals surface area contributed by atoms with Crippen LogP contribution < -0.4 is 0 Å². The first-order valence-electron chi connectivity index (χ1n) is 29.5. The predicted molar refractivity (Wildman–Crippen MR) is 297 cm³/mol. The van der Waals surface area contributed by atoms with Crippen molar-refractivity contribution in [2.75, 3.05) is 0 Å². The van der Waals surface area contributed by atoms with Crippen LogP contribution in [0, 0.1) is 78.8 Å². The van der Waals surface area contributed by atoms with Crippen LogP contribution in [0.5, 0.6) is 0 Å². The van der Waals surface area contributed by atoms with E-state index in [4.69, 9.17) is 4.43 Å². The van der Waals surface area contributed by atoms with Crippen molar-refractivity contribution < 1.29 is 9.53 Å². The summed E-state index contributed by atoms with van der Waals surface area (Å²) in [5, 5.41) is 10.8. The van der Waals surface area contributed by atoms with E-state index in [1.54, 1.807) is 0 Å². The highest BCUT2D eigenvalue weighted by atomic mass is 28.4. The molecule has 0 aromatic rings. The molecule has 8 rings (SSSR count). The van der Waals surface area contributed by atoms with Crippen LogP contribution in [0.25, 0.3) is 0 Å². The molecule has 4 fully saturated rings. The summed E-state index contributed by atoms with van der Waals surface area (Å²) in [5.41, 5.74) is 13.9. The monoisotopic (exact) mass is 953 g/mol. The normalized spacial score (nSPS) is 42.3. The first-order valence-corrected chi connectivity index (χ1v) is 32.5. The molecule has 0 heterocycles. The van der Waals surface area contributed by atoms with E-state index in [1.165, 1.54) is 133 Å². The van der Waals surface area contributed by atoms with Crippen LogP contribution in [0.4, 0.5) is 0 Å². The lowest BCUT2D eigenvalue weighted by Gasteiger charge is -2.63. The minimum absolute atomic E-state index is 0.0465. The lowest BCUT2D eigenvalue weighted by Crippen LogP contribution is -2.57. The van der Waals surface area contributed by atoms with Gasteiger partial charge in [-0.15, -0.1) is 0 Å². The fraction of sp³-hybridized carbons (Fsp3) is 0.877. The number of hydrogen-bond donors (Lipinski definition) is 1. The number of aliphatic hydroxyl groups is 1. The summed E-state index contributed by atoms with van der Waals surface area (Å²) < 4.78 is 7.10. The minimum Gasteiger partial charge on any atom is -0.414 e. The molecular weight excluding hydrogens is 841 g/mol. The van der Waals surface area contributed by atoms with Gasteiger partial charge in [0.15, 0.2) is 8.32 Å². The Morgan fingerprint density at radius 1 is 0.544 bits per heavy atom. The van der Waals surface area contributed by atoms with Crippen molar-refractivity contribution in [2.45, 2.75) is 284 Å². The second-order valence-electron chi connectivity index (χ2n) is 30.0. The lowest BCUT2D eigenvalue weighted by molar-refractivity contribution is -0.0962. The van der Waals surface area contributed by atoms with Crippen molar-refractivity contribution in [2.24, 2.45) is 78.8 Å². The third kappa shape index (κ3) is 8.82. The smallest absolute Gasteiger partial charge is 0.189 e. The molecule has 0 aliphatic heterocycles. The zero-order valence-electron chi connectivity index (χ0n) is 48.8. The highest BCUT2D eigenvalue weighted by Gasteiger charge is 2.65. The third-order valence-electron chi connectivity index (χ3n) is 25.1. The summed E-state index contributed by atoms with van der Waals surface area (Å²) in [6.07, 6.45) is 31.6. The molecule has 8 aliphatic carbocycles. The zero-order chi connectivity index (χ0) is 50.4. The zero-order valence-corrected chi connectivity index (χ0v) is 49.8. The van der Waals surface area contributed by atoms with Gasteiger partial charge >= 0.3 is 0 Å². The van der Waals surface area contributed by atoms with Crippen LogP contribution in [0.3, 0.4) is 0 Å².